The fourth-order valence-corrected chi connectivity index (χ4v) is 3.31. The van der Waals surface area contributed by atoms with Gasteiger partial charge in [0.2, 0.25) is 5.71 Å². The molecule has 3 N–H and O–H groups in total. The molecule has 2 rings (SSSR count). The average molecular weight is 355 g/mol. The van der Waals surface area contributed by atoms with Crippen LogP contribution in [0.2, 0.25) is 0 Å². The number of oxime groups is 1. The van der Waals surface area contributed by atoms with Gasteiger partial charge in [-0.25, -0.2) is 18.2 Å². The minimum absolute atomic E-state index is 0.0610. The standard InChI is InChI=1S/C13H13N3O5S2/c14-13-15-10(8-22-13)11(16-18)12(17)21-6-7-23(19,20)9-4-2-1-3-5-9/h1-5,8,18H,6-7H2,(H2,14,15). The van der Waals surface area contributed by atoms with Crippen LogP contribution in [-0.4, -0.2) is 42.6 Å². The second kappa shape index (κ2) is 7.20. The number of anilines is 1. The zero-order valence-corrected chi connectivity index (χ0v) is 13.4. The highest BCUT2D eigenvalue weighted by Gasteiger charge is 2.21. The Bertz CT molecular complexity index is 815. The van der Waals surface area contributed by atoms with E-state index in [1.807, 2.05) is 0 Å². The zero-order valence-electron chi connectivity index (χ0n) is 11.7. The van der Waals surface area contributed by atoms with Crippen LogP contribution in [0.1, 0.15) is 5.69 Å². The fourth-order valence-electron chi connectivity index (χ4n) is 1.65. The number of nitrogen functional groups attached to an aromatic ring is 1. The molecule has 0 aliphatic heterocycles. The first kappa shape index (κ1) is 16.9. The predicted molar refractivity (Wildman–Crippen MR) is 84.3 cm³/mol. The molecule has 0 fully saturated rings. The second-order valence-corrected chi connectivity index (χ2v) is 7.29. The normalized spacial score (nSPS) is 12.1. The first-order valence-electron chi connectivity index (χ1n) is 6.32. The number of rotatable bonds is 6. The lowest BCUT2D eigenvalue weighted by Gasteiger charge is -2.06. The van der Waals surface area contributed by atoms with Crippen molar-refractivity contribution in [1.29, 1.82) is 0 Å². The van der Waals surface area contributed by atoms with Crippen molar-refractivity contribution >= 4 is 38.0 Å². The van der Waals surface area contributed by atoms with Crippen molar-refractivity contribution in [2.75, 3.05) is 18.1 Å². The number of nitrogens with zero attached hydrogens (tertiary/aromatic N) is 2. The number of carbonyl (C=O) groups is 1. The maximum absolute atomic E-state index is 12.0. The summed E-state index contributed by atoms with van der Waals surface area (Å²) in [5.41, 5.74) is 5.06. The Morgan fingerprint density at radius 3 is 2.61 bits per heavy atom. The van der Waals surface area contributed by atoms with Crippen molar-refractivity contribution in [1.82, 2.24) is 4.98 Å². The number of benzene rings is 1. The van der Waals surface area contributed by atoms with Crippen molar-refractivity contribution in [2.24, 2.45) is 5.16 Å². The SMILES string of the molecule is Nc1nc(C(=NO)C(=O)OCCS(=O)(=O)c2ccccc2)cs1. The summed E-state index contributed by atoms with van der Waals surface area (Å²) in [6, 6.07) is 7.80. The second-order valence-electron chi connectivity index (χ2n) is 4.29. The Morgan fingerprint density at radius 2 is 2.04 bits per heavy atom. The van der Waals surface area contributed by atoms with Crippen molar-refractivity contribution in [3.63, 3.8) is 0 Å². The summed E-state index contributed by atoms with van der Waals surface area (Å²) in [6.07, 6.45) is 0. The lowest BCUT2D eigenvalue weighted by molar-refractivity contribution is -0.135. The average Bonchev–Trinajstić information content (AvgIpc) is 2.95. The molecule has 0 bridgehead atoms. The topological polar surface area (TPSA) is 132 Å². The van der Waals surface area contributed by atoms with Gasteiger partial charge in [0, 0.05) is 5.38 Å². The number of esters is 1. The van der Waals surface area contributed by atoms with Gasteiger partial charge in [-0.3, -0.25) is 0 Å². The summed E-state index contributed by atoms with van der Waals surface area (Å²) in [7, 11) is -3.56. The highest BCUT2D eigenvalue weighted by molar-refractivity contribution is 7.91. The number of ether oxygens (including phenoxy) is 1. The predicted octanol–water partition coefficient (Wildman–Crippen LogP) is 0.921. The minimum atomic E-state index is -3.56. The van der Waals surface area contributed by atoms with E-state index in [0.29, 0.717) is 0 Å². The van der Waals surface area contributed by atoms with Crippen molar-refractivity contribution in [3.05, 3.63) is 41.4 Å². The van der Waals surface area contributed by atoms with E-state index in [1.165, 1.54) is 17.5 Å². The van der Waals surface area contributed by atoms with E-state index in [9.17, 15) is 13.2 Å². The summed E-state index contributed by atoms with van der Waals surface area (Å²) < 4.78 is 28.9. The Kier molecular flexibility index (Phi) is 5.29. The third-order valence-electron chi connectivity index (χ3n) is 2.75. The molecular weight excluding hydrogens is 342 g/mol. The van der Waals surface area contributed by atoms with Crippen LogP contribution in [-0.2, 0) is 19.4 Å². The molecule has 23 heavy (non-hydrogen) atoms. The number of hydrogen-bond acceptors (Lipinski definition) is 9. The molecule has 10 heteroatoms. The fraction of sp³-hybridized carbons (Fsp3) is 0.154. The first-order chi connectivity index (χ1) is 10.9. The number of thiazole rings is 1. The maximum Gasteiger partial charge on any atom is 0.362 e. The molecule has 1 heterocycles. The Hall–Kier alpha value is -2.46. The summed E-state index contributed by atoms with van der Waals surface area (Å²) in [5.74, 6) is -1.37. The van der Waals surface area contributed by atoms with Gasteiger partial charge in [0.15, 0.2) is 15.0 Å². The zero-order chi connectivity index (χ0) is 16.9. The molecule has 0 saturated carbocycles. The summed E-state index contributed by atoms with van der Waals surface area (Å²) >= 11 is 1.06. The van der Waals surface area contributed by atoms with Gasteiger partial charge < -0.3 is 15.7 Å². The Morgan fingerprint density at radius 1 is 1.35 bits per heavy atom. The first-order valence-corrected chi connectivity index (χ1v) is 8.85. The minimum Gasteiger partial charge on any atom is -0.460 e. The molecule has 1 aromatic carbocycles. The van der Waals surface area contributed by atoms with Crippen molar-refractivity contribution < 1.29 is 23.2 Å². The van der Waals surface area contributed by atoms with E-state index in [1.54, 1.807) is 18.2 Å². The molecule has 2 aromatic rings. The van der Waals surface area contributed by atoms with Gasteiger partial charge in [0.05, 0.1) is 10.6 Å². The third kappa shape index (κ3) is 4.27. The monoisotopic (exact) mass is 355 g/mol. The molecule has 0 amide bonds. The Balaban J connectivity index is 1.97. The van der Waals surface area contributed by atoms with Gasteiger partial charge in [-0.1, -0.05) is 23.4 Å². The number of aromatic nitrogens is 1. The largest absolute Gasteiger partial charge is 0.460 e. The van der Waals surface area contributed by atoms with Crippen molar-refractivity contribution in [3.8, 4) is 0 Å². The van der Waals surface area contributed by atoms with Gasteiger partial charge in [-0.15, -0.1) is 11.3 Å². The van der Waals surface area contributed by atoms with E-state index >= 15 is 0 Å². The van der Waals surface area contributed by atoms with E-state index < -0.39 is 21.5 Å². The van der Waals surface area contributed by atoms with E-state index in [-0.39, 0.29) is 28.1 Å². The smallest absolute Gasteiger partial charge is 0.362 e. The highest BCUT2D eigenvalue weighted by atomic mass is 32.2. The van der Waals surface area contributed by atoms with Crippen LogP contribution in [0.25, 0.3) is 0 Å². The van der Waals surface area contributed by atoms with E-state index in [4.69, 9.17) is 15.7 Å². The van der Waals surface area contributed by atoms with Crippen LogP contribution in [0.5, 0.6) is 0 Å². The van der Waals surface area contributed by atoms with Gasteiger partial charge in [-0.05, 0) is 12.1 Å². The molecule has 0 aliphatic carbocycles. The molecule has 0 atom stereocenters. The van der Waals surface area contributed by atoms with Crippen LogP contribution in [0.15, 0.2) is 45.8 Å². The van der Waals surface area contributed by atoms with Gasteiger partial charge in [0.25, 0.3) is 0 Å². The molecule has 1 aromatic heterocycles. The summed E-state index contributed by atoms with van der Waals surface area (Å²) in [6.45, 7) is -0.380. The highest BCUT2D eigenvalue weighted by Crippen LogP contribution is 2.13. The Labute approximate surface area is 136 Å². The van der Waals surface area contributed by atoms with E-state index in [2.05, 4.69) is 10.1 Å². The van der Waals surface area contributed by atoms with Crippen LogP contribution in [0, 0.1) is 0 Å². The number of nitrogens with two attached hydrogens (primary N) is 1. The molecule has 8 nitrogen and oxygen atoms in total. The number of hydrogen-bond donors (Lipinski definition) is 2. The van der Waals surface area contributed by atoms with Crippen molar-refractivity contribution in [2.45, 2.75) is 4.90 Å². The number of carbonyl (C=O) groups excluding carboxylic acids is 1. The molecule has 0 spiro atoms. The third-order valence-corrected chi connectivity index (χ3v) is 5.11. The summed E-state index contributed by atoms with van der Waals surface area (Å²) in [4.78, 5) is 15.8. The molecular formula is C13H13N3O5S2. The molecule has 0 unspecified atom stereocenters. The molecule has 122 valence electrons. The maximum atomic E-state index is 12.0. The lowest BCUT2D eigenvalue weighted by atomic mass is 10.3. The summed E-state index contributed by atoms with van der Waals surface area (Å²) in [5, 5.41) is 13.3. The van der Waals surface area contributed by atoms with Crippen LogP contribution in [0.3, 0.4) is 0 Å². The van der Waals surface area contributed by atoms with Crippen LogP contribution in [0.4, 0.5) is 5.13 Å². The van der Waals surface area contributed by atoms with Gasteiger partial charge in [0.1, 0.15) is 12.3 Å². The van der Waals surface area contributed by atoms with Crippen LogP contribution >= 0.6 is 11.3 Å². The number of sulfone groups is 1. The quantitative estimate of drug-likeness (QED) is 0.341. The molecule has 0 radical (unpaired) electrons. The molecule has 0 aliphatic rings. The van der Waals surface area contributed by atoms with E-state index in [0.717, 1.165) is 11.3 Å². The molecule has 0 saturated heterocycles. The van der Waals surface area contributed by atoms with Gasteiger partial charge in [-0.2, -0.15) is 0 Å². The van der Waals surface area contributed by atoms with Gasteiger partial charge >= 0.3 is 5.97 Å². The lowest BCUT2D eigenvalue weighted by Crippen LogP contribution is -2.23. The van der Waals surface area contributed by atoms with Crippen LogP contribution < -0.4 is 5.73 Å².